The summed E-state index contributed by atoms with van der Waals surface area (Å²) in [6.07, 6.45) is -60.4. The fourth-order valence-electron chi connectivity index (χ4n) is 3.27. The second-order valence-corrected chi connectivity index (χ2v) is 17.8. The molecule has 1 N–H and O–H groups in total. The van der Waals surface area contributed by atoms with Crippen LogP contribution in [-0.2, 0) is 28.6 Å². The number of hydrogen-bond donors (Lipinski definition) is 1. The van der Waals surface area contributed by atoms with Gasteiger partial charge in [-0.3, -0.25) is 14.4 Å². The van der Waals surface area contributed by atoms with Crippen LogP contribution in [0.3, 0.4) is 0 Å². The summed E-state index contributed by atoms with van der Waals surface area (Å²) in [6, 6.07) is 0. The zero-order valence-corrected chi connectivity index (χ0v) is 44.2. The molecule has 0 fully saturated rings. The number of carbonyl (C=O) groups excluding carboxylic acids is 3. The van der Waals surface area contributed by atoms with Gasteiger partial charge in [0.05, 0.1) is 17.8 Å². The van der Waals surface area contributed by atoms with Crippen molar-refractivity contribution >= 4 is 17.9 Å². The molecule has 0 bridgehead atoms. The highest BCUT2D eigenvalue weighted by molar-refractivity contribution is 5.73. The van der Waals surface area contributed by atoms with Crippen molar-refractivity contribution in [3.05, 3.63) is 34.9 Å². The molecule has 0 saturated carbocycles. The molecule has 89 heavy (non-hydrogen) atoms. The number of carbonyl (C=O) groups is 3. The van der Waals surface area contributed by atoms with Gasteiger partial charge in [-0.25, -0.2) is 26.3 Å². The van der Waals surface area contributed by atoms with Crippen LogP contribution in [-0.4, -0.2) is 120 Å². The molecule has 0 atom stereocenters. The Morgan fingerprint density at radius 1 is 0.270 bits per heavy atom. The summed E-state index contributed by atoms with van der Waals surface area (Å²) in [4.78, 5) is 32.0. The third-order valence-corrected chi connectivity index (χ3v) is 9.22. The summed E-state index contributed by atoms with van der Waals surface area (Å²) < 4.78 is 513. The van der Waals surface area contributed by atoms with Crippen LogP contribution in [0.15, 0.2) is 0 Å². The van der Waals surface area contributed by atoms with Gasteiger partial charge in [-0.15, -0.1) is 0 Å². The predicted molar refractivity (Wildman–Crippen MR) is 204 cm³/mol. The molecule has 0 unspecified atom stereocenters. The summed E-state index contributed by atoms with van der Waals surface area (Å²) >= 11 is 0. The first-order valence-corrected chi connectivity index (χ1v) is 21.5. The Kier molecular flexibility index (Phi) is 31.1. The van der Waals surface area contributed by atoms with Crippen molar-refractivity contribution in [2.24, 2.45) is 29.6 Å². The highest BCUT2D eigenvalue weighted by Gasteiger charge is 2.92. The van der Waals surface area contributed by atoms with E-state index in [1.807, 2.05) is 0 Å². The van der Waals surface area contributed by atoms with Gasteiger partial charge in [-0.2, -0.15) is 158 Å². The highest BCUT2D eigenvalue weighted by atomic mass is 19.5. The number of benzene rings is 1. The van der Waals surface area contributed by atoms with Gasteiger partial charge in [0.15, 0.2) is 0 Å². The maximum absolute atomic E-state index is 12.4. The van der Waals surface area contributed by atoms with E-state index in [0.717, 1.165) is 53.4 Å². The number of ether oxygens (including phenoxy) is 3. The number of rotatable bonds is 11. The monoisotopic (exact) mass is 1430 g/mol. The molecular weight excluding hydrogens is 1390 g/mol. The van der Waals surface area contributed by atoms with Crippen LogP contribution in [0.1, 0.15) is 69.2 Å². The molecule has 0 heterocycles. The third kappa shape index (κ3) is 21.6. The van der Waals surface area contributed by atoms with Crippen molar-refractivity contribution in [3.63, 3.8) is 0 Å². The zero-order valence-electron chi connectivity index (χ0n) is 44.2. The molecule has 7 nitrogen and oxygen atoms in total. The molecule has 1 aromatic rings. The van der Waals surface area contributed by atoms with Gasteiger partial charge in [-0.05, 0) is 11.8 Å². The molecule has 0 radical (unpaired) electrons. The van der Waals surface area contributed by atoms with E-state index in [4.69, 9.17) is 5.11 Å². The summed E-state index contributed by atoms with van der Waals surface area (Å²) in [7, 11) is 0. The van der Waals surface area contributed by atoms with Crippen molar-refractivity contribution in [1.82, 2.24) is 0 Å². The van der Waals surface area contributed by atoms with E-state index in [0.29, 0.717) is 0 Å². The van der Waals surface area contributed by atoms with Crippen LogP contribution in [0.25, 0.3) is 0 Å². The highest BCUT2D eigenvalue weighted by Crippen LogP contribution is 2.61. The molecule has 1 aromatic carbocycles. The van der Waals surface area contributed by atoms with Crippen molar-refractivity contribution in [2.45, 2.75) is 166 Å². The summed E-state index contributed by atoms with van der Waals surface area (Å²) in [5, 5.41) is 8.41. The number of esters is 3. The lowest BCUT2D eigenvalue weighted by Crippen LogP contribution is -2.69. The first-order valence-electron chi connectivity index (χ1n) is 21.5. The maximum atomic E-state index is 12.4. The SMILES string of the molecule is CC(C)C(=O)OC(C(F)(F)F)(C(F)(F)F)C(F)(F)F.CC(C)C(=O)OC(F)(F)C(F)(F)C(F)(F)F.CC(C)C(=O)OC(O)(C(F)(F)F)C(F)(F)F.CC(C)C(C)C.FC(F)(F)C(F)(F)C(F)(F)C(F)(F)C(F)(F)C(F)(F)F.Fc1c(F)c(F)c(F)c(F)c1F. The molecule has 532 valence electrons. The molecular formula is C40H36F42O7. The van der Waals surface area contributed by atoms with Gasteiger partial charge in [0, 0.05) is 0 Å². The largest absolute Gasteiger partial charge is 0.476 e. The van der Waals surface area contributed by atoms with Crippen molar-refractivity contribution < 1.29 is 218 Å². The van der Waals surface area contributed by atoms with Crippen molar-refractivity contribution in [1.29, 1.82) is 0 Å². The quantitative estimate of drug-likeness (QED) is 0.0588. The molecule has 0 aromatic heterocycles. The Bertz CT molecular complexity index is 2210. The summed E-state index contributed by atoms with van der Waals surface area (Å²) in [6.45, 7) is 14.6. The predicted octanol–water partition coefficient (Wildman–Crippen LogP) is 18.1. The average Bonchev–Trinajstić information content (AvgIpc) is 0.847. The molecule has 0 aliphatic heterocycles. The lowest BCUT2D eigenvalue weighted by Gasteiger charge is -2.37. The Morgan fingerprint density at radius 2 is 0.449 bits per heavy atom. The number of hydrogen-bond acceptors (Lipinski definition) is 7. The topological polar surface area (TPSA) is 99.1 Å². The van der Waals surface area contributed by atoms with Gasteiger partial charge >= 0.3 is 114 Å². The Labute approximate surface area is 466 Å². The van der Waals surface area contributed by atoms with E-state index in [-0.39, 0.29) is 0 Å². The van der Waals surface area contributed by atoms with Crippen LogP contribution < -0.4 is 0 Å². The first-order chi connectivity index (χ1) is 38.1. The zero-order chi connectivity index (χ0) is 74.2. The maximum Gasteiger partial charge on any atom is 0.476 e. The number of alkyl halides is 36. The van der Waals surface area contributed by atoms with Crippen LogP contribution >= 0.6 is 0 Å². The van der Waals surface area contributed by atoms with Crippen LogP contribution in [0.4, 0.5) is 184 Å². The molecule has 0 amide bonds. The fourth-order valence-corrected chi connectivity index (χ4v) is 3.27. The Balaban J connectivity index is -0.000000325. The van der Waals surface area contributed by atoms with E-state index < -0.39 is 167 Å². The van der Waals surface area contributed by atoms with Crippen LogP contribution in [0, 0.1) is 64.5 Å². The average molecular weight is 1430 g/mol. The summed E-state index contributed by atoms with van der Waals surface area (Å²) in [5.41, 5.74) is -6.53. The standard InChI is InChI=1S/C8H7F9O2.C7H7F7O2.C7H8F6O3.C6F14.C6F6.C6H14/c1-3(2)4(18)19-5(6(9,10)11,7(12,13)14)8(15,16)17;1-3(2)4(15)16-7(13,14)5(8,9)6(10,11)12;1-3(2)4(14)16-5(15,6(8,9)10)7(11,12)13;7-1(8,3(11,12)5(15,16)17)2(9,10)4(13,14)6(18,19)20;7-1-2(8)4(10)6(12)5(11)3(1)9;1-5(2)6(3)4/h3H,1-2H3;3H,1-2H3;3,15H,1-2H3;;;5-6H,1-4H3. The lowest BCUT2D eigenvalue weighted by atomic mass is 9.98. The van der Waals surface area contributed by atoms with Crippen molar-refractivity contribution in [2.75, 3.05) is 0 Å². The van der Waals surface area contributed by atoms with Gasteiger partial charge in [0.2, 0.25) is 34.9 Å². The van der Waals surface area contributed by atoms with E-state index >= 15 is 0 Å². The normalized spacial score (nSPS) is 14.1. The third-order valence-electron chi connectivity index (χ3n) is 9.22. The summed E-state index contributed by atoms with van der Waals surface area (Å²) in [5.74, 6) is -66.2. The first kappa shape index (κ1) is 92.4. The molecule has 0 aliphatic rings. The van der Waals surface area contributed by atoms with E-state index in [1.54, 1.807) is 0 Å². The molecule has 1 rings (SSSR count). The minimum Gasteiger partial charge on any atom is -0.432 e. The van der Waals surface area contributed by atoms with Crippen LogP contribution in [0.5, 0.6) is 0 Å². The molecule has 0 aliphatic carbocycles. The van der Waals surface area contributed by atoms with E-state index in [9.17, 15) is 199 Å². The van der Waals surface area contributed by atoms with Crippen LogP contribution in [0.2, 0.25) is 0 Å². The van der Waals surface area contributed by atoms with E-state index in [2.05, 4.69) is 41.9 Å². The van der Waals surface area contributed by atoms with E-state index in [1.165, 1.54) is 0 Å². The smallest absolute Gasteiger partial charge is 0.432 e. The molecule has 49 heteroatoms. The minimum absolute atomic E-state index is 0.788. The van der Waals surface area contributed by atoms with Gasteiger partial charge in [-0.1, -0.05) is 69.2 Å². The van der Waals surface area contributed by atoms with Gasteiger partial charge in [0.25, 0.3) is 0 Å². The lowest BCUT2D eigenvalue weighted by molar-refractivity contribution is -0.451. The van der Waals surface area contributed by atoms with Gasteiger partial charge in [0.1, 0.15) is 0 Å². The molecule has 0 spiro atoms. The fraction of sp³-hybridized carbons (Fsp3) is 0.775. The Morgan fingerprint density at radius 3 is 0.596 bits per heavy atom. The second-order valence-electron chi connectivity index (χ2n) is 17.8. The molecule has 0 saturated heterocycles. The van der Waals surface area contributed by atoms with Crippen molar-refractivity contribution in [3.8, 4) is 0 Å². The van der Waals surface area contributed by atoms with Gasteiger partial charge < -0.3 is 19.3 Å². The minimum atomic E-state index is -8.04. The number of aliphatic hydroxyl groups is 1. The second kappa shape index (κ2) is 29.9. The Hall–Kier alpha value is -5.35. The number of halogens is 42.